The van der Waals surface area contributed by atoms with Crippen molar-refractivity contribution in [3.05, 3.63) is 0 Å². The van der Waals surface area contributed by atoms with Crippen molar-refractivity contribution in [3.8, 4) is 0 Å². The fourth-order valence-corrected chi connectivity index (χ4v) is 1.13. The number of carbonyl (C=O) groups is 1. The van der Waals surface area contributed by atoms with Crippen LogP contribution in [-0.4, -0.2) is 25.5 Å². The second-order valence-electron chi connectivity index (χ2n) is 2.75. The van der Waals surface area contributed by atoms with Crippen LogP contribution < -0.4 is 5.73 Å². The predicted octanol–water partition coefficient (Wildman–Crippen LogP) is -0.0592. The van der Waals surface area contributed by atoms with E-state index in [9.17, 15) is 4.79 Å². The van der Waals surface area contributed by atoms with Crippen molar-refractivity contribution in [1.82, 2.24) is 0 Å². The van der Waals surface area contributed by atoms with Crippen molar-refractivity contribution >= 4 is 5.78 Å². The maximum absolute atomic E-state index is 11.1. The topological polar surface area (TPSA) is 52.3 Å². The van der Waals surface area contributed by atoms with E-state index in [0.717, 1.165) is 6.42 Å². The first kappa shape index (κ1) is 7.69. The summed E-state index contributed by atoms with van der Waals surface area (Å²) in [5.41, 5.74) is 5.02. The first-order valence-electron chi connectivity index (χ1n) is 3.56. The molecule has 0 aromatic rings. The van der Waals surface area contributed by atoms with Gasteiger partial charge in [0, 0.05) is 0 Å². The lowest BCUT2D eigenvalue weighted by Crippen LogP contribution is -2.50. The van der Waals surface area contributed by atoms with Crippen LogP contribution in [0.15, 0.2) is 0 Å². The molecule has 0 aromatic carbocycles. The summed E-state index contributed by atoms with van der Waals surface area (Å²) in [6.45, 7) is 3.28. The van der Waals surface area contributed by atoms with Gasteiger partial charge in [-0.05, 0) is 6.42 Å². The molecule has 10 heavy (non-hydrogen) atoms. The van der Waals surface area contributed by atoms with Gasteiger partial charge >= 0.3 is 0 Å². The van der Waals surface area contributed by atoms with E-state index in [1.54, 1.807) is 0 Å². The summed E-state index contributed by atoms with van der Waals surface area (Å²) in [6, 6.07) is 0. The molecule has 0 atom stereocenters. The van der Waals surface area contributed by atoms with Gasteiger partial charge in [0.05, 0.1) is 25.2 Å². The number of ketones is 1. The van der Waals surface area contributed by atoms with Gasteiger partial charge in [-0.25, -0.2) is 0 Å². The van der Waals surface area contributed by atoms with Crippen LogP contribution in [0.4, 0.5) is 0 Å². The fourth-order valence-electron chi connectivity index (χ4n) is 1.13. The van der Waals surface area contributed by atoms with Gasteiger partial charge in [0.2, 0.25) is 0 Å². The molecule has 0 bridgehead atoms. The van der Waals surface area contributed by atoms with Crippen LogP contribution in [0.5, 0.6) is 0 Å². The molecule has 3 heteroatoms. The molecular formula is C7H13NO2. The van der Waals surface area contributed by atoms with E-state index < -0.39 is 0 Å². The third kappa shape index (κ3) is 0.954. The van der Waals surface area contributed by atoms with Crippen molar-refractivity contribution in [2.45, 2.75) is 13.3 Å². The Morgan fingerprint density at radius 2 is 2.30 bits per heavy atom. The molecule has 0 aromatic heterocycles. The van der Waals surface area contributed by atoms with Crippen molar-refractivity contribution in [2.75, 3.05) is 19.8 Å². The van der Waals surface area contributed by atoms with Gasteiger partial charge in [0.25, 0.3) is 0 Å². The number of Topliss-reactive ketones (excluding diaryl/α,β-unsaturated/α-hetero) is 1. The average Bonchev–Trinajstić information content (AvgIpc) is 1.86. The molecule has 0 spiro atoms. The summed E-state index contributed by atoms with van der Waals surface area (Å²) in [6.07, 6.45) is 0.850. The lowest BCUT2D eigenvalue weighted by atomic mass is 9.79. The van der Waals surface area contributed by atoms with Gasteiger partial charge in [-0.2, -0.15) is 0 Å². The van der Waals surface area contributed by atoms with Gasteiger partial charge in [-0.3, -0.25) is 4.79 Å². The van der Waals surface area contributed by atoms with Crippen LogP contribution in [0, 0.1) is 5.41 Å². The minimum Gasteiger partial charge on any atom is -0.379 e. The Bertz CT molecular complexity index is 135. The highest BCUT2D eigenvalue weighted by Crippen LogP contribution is 2.31. The lowest BCUT2D eigenvalue weighted by Gasteiger charge is -2.38. The number of hydrogen-bond acceptors (Lipinski definition) is 3. The highest BCUT2D eigenvalue weighted by Gasteiger charge is 2.42. The molecule has 1 fully saturated rings. The van der Waals surface area contributed by atoms with E-state index in [2.05, 4.69) is 0 Å². The average molecular weight is 143 g/mol. The maximum atomic E-state index is 11.1. The zero-order valence-electron chi connectivity index (χ0n) is 6.22. The van der Waals surface area contributed by atoms with Crippen molar-refractivity contribution in [2.24, 2.45) is 11.1 Å². The molecule has 3 nitrogen and oxygen atoms in total. The van der Waals surface area contributed by atoms with Gasteiger partial charge in [-0.1, -0.05) is 6.92 Å². The van der Waals surface area contributed by atoms with E-state index in [1.807, 2.05) is 6.92 Å². The van der Waals surface area contributed by atoms with Crippen LogP contribution in [0.3, 0.4) is 0 Å². The Labute approximate surface area is 60.5 Å². The molecule has 1 rings (SSSR count). The number of carbonyl (C=O) groups excluding carboxylic acids is 1. The molecule has 0 aliphatic carbocycles. The first-order valence-corrected chi connectivity index (χ1v) is 3.56. The quantitative estimate of drug-likeness (QED) is 0.602. The Kier molecular flexibility index (Phi) is 2.06. The smallest absolute Gasteiger partial charge is 0.157 e. The van der Waals surface area contributed by atoms with Crippen molar-refractivity contribution in [1.29, 1.82) is 0 Å². The number of nitrogens with two attached hydrogens (primary N) is 1. The summed E-state index contributed by atoms with van der Waals surface area (Å²) in [4.78, 5) is 11.1. The normalized spacial score (nSPS) is 21.8. The zero-order valence-corrected chi connectivity index (χ0v) is 6.22. The van der Waals surface area contributed by atoms with Crippen LogP contribution >= 0.6 is 0 Å². The summed E-state index contributed by atoms with van der Waals surface area (Å²) >= 11 is 0. The molecule has 0 radical (unpaired) electrons. The predicted molar refractivity (Wildman–Crippen MR) is 37.6 cm³/mol. The third-order valence-electron chi connectivity index (χ3n) is 2.21. The molecule has 1 aliphatic rings. The summed E-state index contributed by atoms with van der Waals surface area (Å²) in [7, 11) is 0. The minimum absolute atomic E-state index is 0.140. The number of rotatable bonds is 3. The molecule has 1 aliphatic heterocycles. The van der Waals surface area contributed by atoms with Gasteiger partial charge in [-0.15, -0.1) is 0 Å². The molecule has 2 N–H and O–H groups in total. The second-order valence-corrected chi connectivity index (χ2v) is 2.75. The van der Waals surface area contributed by atoms with Crippen LogP contribution in [0.2, 0.25) is 0 Å². The Balaban J connectivity index is 2.55. The van der Waals surface area contributed by atoms with Crippen LogP contribution in [-0.2, 0) is 9.53 Å². The van der Waals surface area contributed by atoms with Crippen molar-refractivity contribution in [3.63, 3.8) is 0 Å². The van der Waals surface area contributed by atoms with E-state index in [1.165, 1.54) is 0 Å². The van der Waals surface area contributed by atoms with Crippen LogP contribution in [0.25, 0.3) is 0 Å². The maximum Gasteiger partial charge on any atom is 0.157 e. The van der Waals surface area contributed by atoms with E-state index in [4.69, 9.17) is 10.5 Å². The Morgan fingerprint density at radius 3 is 2.40 bits per heavy atom. The molecule has 0 unspecified atom stereocenters. The SMILES string of the molecule is CCC1(C(=O)CN)COC1. The highest BCUT2D eigenvalue weighted by atomic mass is 16.5. The standard InChI is InChI=1S/C7H13NO2/c1-2-7(4-10-5-7)6(9)3-8/h2-5,8H2,1H3. The molecule has 0 saturated carbocycles. The van der Waals surface area contributed by atoms with Crippen molar-refractivity contribution < 1.29 is 9.53 Å². The Hall–Kier alpha value is -0.410. The molecule has 58 valence electrons. The number of ether oxygens (including phenoxy) is 1. The highest BCUT2D eigenvalue weighted by molar-refractivity contribution is 5.87. The monoisotopic (exact) mass is 143 g/mol. The van der Waals surface area contributed by atoms with Crippen LogP contribution in [0.1, 0.15) is 13.3 Å². The largest absolute Gasteiger partial charge is 0.379 e. The lowest BCUT2D eigenvalue weighted by molar-refractivity contribution is -0.158. The molecule has 1 heterocycles. The fraction of sp³-hybridized carbons (Fsp3) is 0.857. The third-order valence-corrected chi connectivity index (χ3v) is 2.21. The summed E-state index contributed by atoms with van der Waals surface area (Å²) < 4.78 is 4.98. The summed E-state index contributed by atoms with van der Waals surface area (Å²) in [5.74, 6) is 0.140. The van der Waals surface area contributed by atoms with E-state index >= 15 is 0 Å². The second kappa shape index (κ2) is 2.68. The minimum atomic E-state index is -0.214. The molecular weight excluding hydrogens is 130 g/mol. The molecule has 0 amide bonds. The molecule has 1 saturated heterocycles. The zero-order chi connectivity index (χ0) is 7.61. The van der Waals surface area contributed by atoms with Gasteiger partial charge in [0.15, 0.2) is 5.78 Å². The summed E-state index contributed by atoms with van der Waals surface area (Å²) in [5, 5.41) is 0. The van der Waals surface area contributed by atoms with E-state index in [0.29, 0.717) is 13.2 Å². The number of hydrogen-bond donors (Lipinski definition) is 1. The first-order chi connectivity index (χ1) is 4.75. The van der Waals surface area contributed by atoms with E-state index in [-0.39, 0.29) is 17.7 Å². The van der Waals surface area contributed by atoms with Gasteiger partial charge < -0.3 is 10.5 Å². The van der Waals surface area contributed by atoms with Gasteiger partial charge in [0.1, 0.15) is 0 Å². The Morgan fingerprint density at radius 1 is 1.70 bits per heavy atom.